The number of aromatic nitrogens is 1. The number of alkyl halides is 3. The van der Waals surface area contributed by atoms with Crippen LogP contribution in [0.25, 0.3) is 6.08 Å². The lowest BCUT2D eigenvalue weighted by Crippen LogP contribution is -2.22. The molecule has 1 heterocycles. The summed E-state index contributed by atoms with van der Waals surface area (Å²) in [4.78, 5) is 30.2. The first-order chi connectivity index (χ1) is 15.6. The second kappa shape index (κ2) is 10.5. The van der Waals surface area contributed by atoms with Crippen molar-refractivity contribution in [3.8, 4) is 5.75 Å². The summed E-state index contributed by atoms with van der Waals surface area (Å²) < 4.78 is 42.1. The van der Waals surface area contributed by atoms with E-state index in [9.17, 15) is 22.8 Å². The van der Waals surface area contributed by atoms with Gasteiger partial charge in [0.1, 0.15) is 5.75 Å². The molecule has 0 fully saturated rings. The maximum Gasteiger partial charge on any atom is 0.422 e. The molecule has 0 aliphatic carbocycles. The van der Waals surface area contributed by atoms with Gasteiger partial charge >= 0.3 is 6.18 Å². The monoisotopic (exact) mass is 495 g/mol. The molecule has 0 saturated carbocycles. The summed E-state index contributed by atoms with van der Waals surface area (Å²) in [6.45, 7) is -0.0935. The van der Waals surface area contributed by atoms with E-state index in [0.717, 1.165) is 6.08 Å². The van der Waals surface area contributed by atoms with Gasteiger partial charge < -0.3 is 10.1 Å². The van der Waals surface area contributed by atoms with Crippen LogP contribution in [-0.2, 0) is 9.59 Å². The lowest BCUT2D eigenvalue weighted by Gasteiger charge is -2.17. The zero-order valence-corrected chi connectivity index (χ0v) is 18.7. The third-order valence-electron chi connectivity index (χ3n) is 4.03. The molecule has 1 N–H and O–H groups in total. The maximum atomic E-state index is 12.5. The fourth-order valence-electron chi connectivity index (χ4n) is 2.68. The van der Waals surface area contributed by atoms with Crippen molar-refractivity contribution in [2.75, 3.05) is 16.8 Å². The molecule has 0 atom stereocenters. The molecule has 1 aromatic heterocycles. The lowest BCUT2D eigenvalue weighted by atomic mass is 10.3. The summed E-state index contributed by atoms with van der Waals surface area (Å²) in [6.07, 6.45) is -1.95. The number of ether oxygens (including phenoxy) is 1. The molecule has 2 aromatic carbocycles. The van der Waals surface area contributed by atoms with E-state index >= 15 is 0 Å². The summed E-state index contributed by atoms with van der Waals surface area (Å²) >= 11 is 7.10. The number of anilines is 3. The molecular formula is C22H17ClF3N3O3S. The Morgan fingerprint density at radius 1 is 1.21 bits per heavy atom. The van der Waals surface area contributed by atoms with Gasteiger partial charge in [-0.2, -0.15) is 13.2 Å². The smallest absolute Gasteiger partial charge is 0.422 e. The highest BCUT2D eigenvalue weighted by Crippen LogP contribution is 2.31. The summed E-state index contributed by atoms with van der Waals surface area (Å²) in [6, 6.07) is 12.8. The Morgan fingerprint density at radius 3 is 2.61 bits per heavy atom. The molecular weight excluding hydrogens is 479 g/mol. The average Bonchev–Trinajstić information content (AvgIpc) is 3.20. The molecule has 33 heavy (non-hydrogen) atoms. The van der Waals surface area contributed by atoms with Gasteiger partial charge in [-0.25, -0.2) is 4.98 Å². The summed E-state index contributed by atoms with van der Waals surface area (Å²) in [7, 11) is 0. The van der Waals surface area contributed by atoms with E-state index in [4.69, 9.17) is 16.3 Å². The van der Waals surface area contributed by atoms with Crippen LogP contribution in [0.2, 0.25) is 5.02 Å². The van der Waals surface area contributed by atoms with E-state index in [1.165, 1.54) is 47.4 Å². The minimum Gasteiger partial charge on any atom is -0.482 e. The Hall–Kier alpha value is -3.37. The molecule has 0 radical (unpaired) electrons. The second-order valence-corrected chi connectivity index (χ2v) is 7.88. The Morgan fingerprint density at radius 2 is 1.94 bits per heavy atom. The predicted molar refractivity (Wildman–Crippen MR) is 122 cm³/mol. The quantitative estimate of drug-likeness (QED) is 0.403. The Balaban J connectivity index is 1.72. The number of carbonyl (C=O) groups is 2. The molecule has 0 saturated heterocycles. The fourth-order valence-corrected chi connectivity index (χ4v) is 3.71. The van der Waals surface area contributed by atoms with E-state index in [0.29, 0.717) is 16.5 Å². The molecule has 6 nitrogen and oxygen atoms in total. The number of halogens is 4. The van der Waals surface area contributed by atoms with Crippen LogP contribution in [0.1, 0.15) is 12.6 Å². The van der Waals surface area contributed by atoms with Gasteiger partial charge in [-0.3, -0.25) is 14.5 Å². The van der Waals surface area contributed by atoms with Crippen molar-refractivity contribution in [2.45, 2.75) is 13.1 Å². The standard InChI is InChI=1S/C22H17ClF3N3O3S/c1-14(30)29(17-5-3-2-4-6-17)21-27-16(12-33-21)8-10-20(31)28-18-11-15(23)7-9-19(18)32-13-22(24,25)26/h2-12H,13H2,1H3,(H,28,31)/b10-8+. The number of carbonyl (C=O) groups excluding carboxylic acids is 2. The van der Waals surface area contributed by atoms with Gasteiger partial charge in [0, 0.05) is 23.4 Å². The zero-order chi connectivity index (χ0) is 24.0. The molecule has 0 spiro atoms. The third kappa shape index (κ3) is 7.06. The van der Waals surface area contributed by atoms with Gasteiger partial charge in [-0.1, -0.05) is 29.8 Å². The molecule has 2 amide bonds. The van der Waals surface area contributed by atoms with Gasteiger partial charge in [0.05, 0.1) is 17.1 Å². The van der Waals surface area contributed by atoms with E-state index < -0.39 is 18.7 Å². The number of benzene rings is 2. The van der Waals surface area contributed by atoms with Crippen LogP contribution in [-0.4, -0.2) is 29.6 Å². The van der Waals surface area contributed by atoms with Gasteiger partial charge in [0.15, 0.2) is 11.7 Å². The van der Waals surface area contributed by atoms with Crippen molar-refractivity contribution >= 4 is 57.3 Å². The first-order valence-corrected chi connectivity index (χ1v) is 10.7. The number of thiazole rings is 1. The van der Waals surface area contributed by atoms with E-state index in [-0.39, 0.29) is 22.4 Å². The van der Waals surface area contributed by atoms with Crippen LogP contribution < -0.4 is 15.0 Å². The van der Waals surface area contributed by atoms with Crippen LogP contribution in [0, 0.1) is 0 Å². The number of nitrogens with zero attached hydrogens (tertiary/aromatic N) is 2. The van der Waals surface area contributed by atoms with Crippen molar-refractivity contribution in [3.63, 3.8) is 0 Å². The average molecular weight is 496 g/mol. The normalized spacial score (nSPS) is 11.4. The highest BCUT2D eigenvalue weighted by atomic mass is 35.5. The molecule has 0 aliphatic rings. The van der Waals surface area contributed by atoms with Crippen LogP contribution in [0.4, 0.5) is 29.7 Å². The third-order valence-corrected chi connectivity index (χ3v) is 5.11. The highest BCUT2D eigenvalue weighted by Gasteiger charge is 2.29. The number of nitrogens with one attached hydrogen (secondary N) is 1. The molecule has 0 aliphatic heterocycles. The van der Waals surface area contributed by atoms with E-state index in [1.54, 1.807) is 29.6 Å². The van der Waals surface area contributed by atoms with Crippen molar-refractivity contribution in [1.82, 2.24) is 4.98 Å². The molecule has 0 unspecified atom stereocenters. The minimum atomic E-state index is -4.53. The van der Waals surface area contributed by atoms with Crippen molar-refractivity contribution in [1.29, 1.82) is 0 Å². The van der Waals surface area contributed by atoms with Gasteiger partial charge in [0.25, 0.3) is 0 Å². The first kappa shape index (κ1) is 24.3. The van der Waals surface area contributed by atoms with E-state index in [2.05, 4.69) is 10.3 Å². The Labute approximate surface area is 196 Å². The maximum absolute atomic E-state index is 12.5. The largest absolute Gasteiger partial charge is 0.482 e. The fraction of sp³-hybridized carbons (Fsp3) is 0.136. The molecule has 172 valence electrons. The Bertz CT molecular complexity index is 1170. The summed E-state index contributed by atoms with van der Waals surface area (Å²) in [5.74, 6) is -1.03. The lowest BCUT2D eigenvalue weighted by molar-refractivity contribution is -0.153. The van der Waals surface area contributed by atoms with Crippen LogP contribution >= 0.6 is 22.9 Å². The van der Waals surface area contributed by atoms with Crippen LogP contribution in [0.5, 0.6) is 5.75 Å². The van der Waals surface area contributed by atoms with Crippen LogP contribution in [0.3, 0.4) is 0 Å². The molecule has 0 bridgehead atoms. The SMILES string of the molecule is CC(=O)N(c1ccccc1)c1nc(/C=C/C(=O)Nc2cc(Cl)ccc2OCC(F)(F)F)cs1. The number of para-hydroxylation sites is 1. The van der Waals surface area contributed by atoms with Crippen molar-refractivity contribution in [2.24, 2.45) is 0 Å². The molecule has 3 rings (SSSR count). The van der Waals surface area contributed by atoms with Gasteiger partial charge in [-0.05, 0) is 36.4 Å². The number of rotatable bonds is 7. The number of hydrogen-bond acceptors (Lipinski definition) is 5. The second-order valence-electron chi connectivity index (χ2n) is 6.61. The minimum absolute atomic E-state index is 0.00722. The van der Waals surface area contributed by atoms with Crippen molar-refractivity contribution < 1.29 is 27.5 Å². The zero-order valence-electron chi connectivity index (χ0n) is 17.1. The Kier molecular flexibility index (Phi) is 7.72. The van der Waals surface area contributed by atoms with Crippen LogP contribution in [0.15, 0.2) is 60.0 Å². The highest BCUT2D eigenvalue weighted by molar-refractivity contribution is 7.14. The van der Waals surface area contributed by atoms with Gasteiger partial charge in [-0.15, -0.1) is 11.3 Å². The summed E-state index contributed by atoms with van der Waals surface area (Å²) in [5.41, 5.74) is 1.07. The van der Waals surface area contributed by atoms with Gasteiger partial charge in [0.2, 0.25) is 11.8 Å². The molecule has 11 heteroatoms. The number of amides is 2. The first-order valence-electron chi connectivity index (χ1n) is 9.42. The predicted octanol–water partition coefficient (Wildman–Crippen LogP) is 6.07. The molecule has 3 aromatic rings. The topological polar surface area (TPSA) is 71.5 Å². The number of hydrogen-bond donors (Lipinski definition) is 1. The van der Waals surface area contributed by atoms with E-state index in [1.807, 2.05) is 6.07 Å². The summed E-state index contributed by atoms with van der Waals surface area (Å²) in [5, 5.41) is 4.74. The van der Waals surface area contributed by atoms with Crippen molar-refractivity contribution in [3.05, 3.63) is 70.7 Å².